The van der Waals surface area contributed by atoms with Gasteiger partial charge in [-0.2, -0.15) is 5.26 Å². The van der Waals surface area contributed by atoms with Crippen molar-refractivity contribution in [3.05, 3.63) is 17.8 Å². The Morgan fingerprint density at radius 2 is 1.80 bits per heavy atom. The maximum absolute atomic E-state index is 11.4. The van der Waals surface area contributed by atoms with E-state index in [1.165, 1.54) is 6.26 Å². The third-order valence-electron chi connectivity index (χ3n) is 3.81. The van der Waals surface area contributed by atoms with E-state index in [0.717, 1.165) is 0 Å². The molecule has 0 saturated carbocycles. The molecule has 0 amide bonds. The van der Waals surface area contributed by atoms with Crippen molar-refractivity contribution >= 4 is 23.4 Å². The molecule has 1 fully saturated rings. The van der Waals surface area contributed by atoms with Crippen LogP contribution >= 0.6 is 0 Å². The van der Waals surface area contributed by atoms with E-state index in [1.807, 2.05) is 33.8 Å². The monoisotopic (exact) mass is 292 g/mol. The van der Waals surface area contributed by atoms with E-state index in [-0.39, 0.29) is 5.69 Å². The summed E-state index contributed by atoms with van der Waals surface area (Å²) in [7, 11) is -1.86. The van der Waals surface area contributed by atoms with Crippen molar-refractivity contribution in [2.45, 2.75) is 43.9 Å². The van der Waals surface area contributed by atoms with E-state index in [1.54, 1.807) is 12.1 Å². The van der Waals surface area contributed by atoms with Crippen LogP contribution < -0.4 is 5.46 Å². The van der Waals surface area contributed by atoms with Crippen molar-refractivity contribution in [2.75, 3.05) is 6.26 Å². The Morgan fingerprint density at radius 1 is 1.25 bits per heavy atom. The Balaban J connectivity index is 2.41. The van der Waals surface area contributed by atoms with Crippen LogP contribution in [0.4, 0.5) is 0 Å². The first kappa shape index (κ1) is 15.2. The summed E-state index contributed by atoms with van der Waals surface area (Å²) in [6.45, 7) is 7.79. The Morgan fingerprint density at radius 3 is 2.25 bits per heavy atom. The number of nitrogens with zero attached hydrogens (tertiary/aromatic N) is 2. The highest BCUT2D eigenvalue weighted by atomic mass is 32.2. The van der Waals surface area contributed by atoms with Crippen LogP contribution in [-0.4, -0.2) is 33.8 Å². The largest absolute Gasteiger partial charge is 0.497 e. The molecule has 0 spiro atoms. The van der Waals surface area contributed by atoms with Crippen molar-refractivity contribution in [2.24, 2.45) is 0 Å². The summed E-state index contributed by atoms with van der Waals surface area (Å²) in [5.41, 5.74) is -0.190. The number of aromatic nitrogens is 1. The predicted molar refractivity (Wildman–Crippen MR) is 77.0 cm³/mol. The number of nitriles is 1. The standard InChI is InChI=1S/C13H17BN2O3S/c1-12(2)13(3,4)19-14(18-12)9-6-7-11(20(5)17)16-10(9)8-15/h6-7H,1-5H3. The molecule has 0 radical (unpaired) electrons. The molecule has 5 nitrogen and oxygen atoms in total. The summed E-state index contributed by atoms with van der Waals surface area (Å²) in [6, 6.07) is 5.35. The van der Waals surface area contributed by atoms with Gasteiger partial charge in [-0.05, 0) is 33.8 Å². The number of hydrogen-bond donors (Lipinski definition) is 0. The van der Waals surface area contributed by atoms with Crippen molar-refractivity contribution < 1.29 is 13.5 Å². The van der Waals surface area contributed by atoms with Gasteiger partial charge in [0.25, 0.3) is 0 Å². The highest BCUT2D eigenvalue weighted by Crippen LogP contribution is 2.36. The molecule has 0 bridgehead atoms. The molecule has 0 aliphatic carbocycles. The van der Waals surface area contributed by atoms with Gasteiger partial charge in [0.2, 0.25) is 0 Å². The topological polar surface area (TPSA) is 72.2 Å². The van der Waals surface area contributed by atoms with Crippen molar-refractivity contribution in [1.82, 2.24) is 4.98 Å². The molecule has 0 aromatic carbocycles. The van der Waals surface area contributed by atoms with Crippen LogP contribution in [0.1, 0.15) is 33.4 Å². The zero-order valence-electron chi connectivity index (χ0n) is 12.3. The summed E-state index contributed by atoms with van der Waals surface area (Å²) in [5, 5.41) is 9.60. The Labute approximate surface area is 121 Å². The van der Waals surface area contributed by atoms with E-state index in [2.05, 4.69) is 4.98 Å². The van der Waals surface area contributed by atoms with Gasteiger partial charge < -0.3 is 9.31 Å². The Hall–Kier alpha value is -1.23. The molecule has 0 N–H and O–H groups in total. The highest BCUT2D eigenvalue weighted by Gasteiger charge is 2.52. The second-order valence-electron chi connectivity index (χ2n) is 5.74. The lowest BCUT2D eigenvalue weighted by molar-refractivity contribution is 0.00578. The summed E-state index contributed by atoms with van der Waals surface area (Å²) in [5.74, 6) is 0. The predicted octanol–water partition coefficient (Wildman–Crippen LogP) is 0.990. The molecule has 2 heterocycles. The van der Waals surface area contributed by atoms with Crippen LogP contribution in [0, 0.1) is 11.3 Å². The first-order valence-corrected chi connectivity index (χ1v) is 7.84. The van der Waals surface area contributed by atoms with E-state index < -0.39 is 29.1 Å². The molecule has 20 heavy (non-hydrogen) atoms. The molecule has 1 aromatic heterocycles. The summed E-state index contributed by atoms with van der Waals surface area (Å²) in [4.78, 5) is 4.11. The van der Waals surface area contributed by atoms with Gasteiger partial charge in [0.1, 0.15) is 16.8 Å². The van der Waals surface area contributed by atoms with Crippen LogP contribution in [0.5, 0.6) is 0 Å². The van der Waals surface area contributed by atoms with Gasteiger partial charge >= 0.3 is 7.12 Å². The third kappa shape index (κ3) is 2.51. The highest BCUT2D eigenvalue weighted by molar-refractivity contribution is 7.84. The summed E-state index contributed by atoms with van der Waals surface area (Å²) >= 11 is 0. The first-order chi connectivity index (χ1) is 9.18. The van der Waals surface area contributed by atoms with E-state index in [4.69, 9.17) is 9.31 Å². The van der Waals surface area contributed by atoms with Crippen LogP contribution in [0.25, 0.3) is 0 Å². The number of rotatable bonds is 2. The fourth-order valence-corrected chi connectivity index (χ4v) is 2.34. The van der Waals surface area contributed by atoms with Crippen LogP contribution in [0.15, 0.2) is 17.2 Å². The van der Waals surface area contributed by atoms with Gasteiger partial charge in [0.05, 0.1) is 22.0 Å². The molecule has 1 saturated heterocycles. The molecule has 7 heteroatoms. The van der Waals surface area contributed by atoms with Crippen molar-refractivity contribution in [3.63, 3.8) is 0 Å². The van der Waals surface area contributed by atoms with Crippen LogP contribution in [0.2, 0.25) is 0 Å². The van der Waals surface area contributed by atoms with Gasteiger partial charge in [0, 0.05) is 11.7 Å². The minimum atomic E-state index is -1.23. The molecular weight excluding hydrogens is 275 g/mol. The smallest absolute Gasteiger partial charge is 0.399 e. The average Bonchev–Trinajstić information content (AvgIpc) is 2.57. The first-order valence-electron chi connectivity index (χ1n) is 6.28. The molecule has 1 aromatic rings. The minimum Gasteiger partial charge on any atom is -0.399 e. The molecule has 2 rings (SSSR count). The second-order valence-corrected chi connectivity index (χ2v) is 7.07. The molecule has 1 aliphatic rings. The van der Waals surface area contributed by atoms with Gasteiger partial charge in [0.15, 0.2) is 0 Å². The summed E-state index contributed by atoms with van der Waals surface area (Å²) < 4.78 is 23.2. The lowest BCUT2D eigenvalue weighted by Gasteiger charge is -2.32. The zero-order chi connectivity index (χ0) is 15.1. The zero-order valence-corrected chi connectivity index (χ0v) is 13.1. The number of hydrogen-bond acceptors (Lipinski definition) is 5. The van der Waals surface area contributed by atoms with E-state index >= 15 is 0 Å². The van der Waals surface area contributed by atoms with Gasteiger partial charge in [-0.1, -0.05) is 6.07 Å². The second kappa shape index (κ2) is 4.95. The normalized spacial score (nSPS) is 21.5. The maximum atomic E-state index is 11.4. The minimum absolute atomic E-state index is 0.191. The van der Waals surface area contributed by atoms with E-state index in [9.17, 15) is 9.47 Å². The van der Waals surface area contributed by atoms with Crippen molar-refractivity contribution in [3.8, 4) is 6.07 Å². The molecule has 1 atom stereocenters. The van der Waals surface area contributed by atoms with E-state index in [0.29, 0.717) is 10.5 Å². The third-order valence-corrected chi connectivity index (χ3v) is 4.62. The summed E-state index contributed by atoms with van der Waals surface area (Å²) in [6.07, 6.45) is 1.53. The quantitative estimate of drug-likeness (QED) is 0.760. The Bertz CT molecular complexity index is 594. The Kier molecular flexibility index (Phi) is 3.76. The lowest BCUT2D eigenvalue weighted by atomic mass is 9.78. The molecule has 1 unspecified atom stereocenters. The fourth-order valence-electron chi connectivity index (χ4n) is 1.86. The van der Waals surface area contributed by atoms with Crippen LogP contribution in [0.3, 0.4) is 0 Å². The SMILES string of the molecule is CS(=O)c1ccc(B2OC(C)(C)C(C)(C)O2)c(C#N)n1. The lowest BCUT2D eigenvalue weighted by Crippen LogP contribution is -2.41. The van der Waals surface area contributed by atoms with Gasteiger partial charge in [-0.3, -0.25) is 4.21 Å². The fraction of sp³-hybridized carbons (Fsp3) is 0.538. The average molecular weight is 292 g/mol. The van der Waals surface area contributed by atoms with Gasteiger partial charge in [-0.15, -0.1) is 0 Å². The van der Waals surface area contributed by atoms with Crippen molar-refractivity contribution in [1.29, 1.82) is 5.26 Å². The molecule has 106 valence electrons. The maximum Gasteiger partial charge on any atom is 0.497 e. The van der Waals surface area contributed by atoms with Gasteiger partial charge in [-0.25, -0.2) is 4.98 Å². The molecular formula is C13H17BN2O3S. The molecule has 1 aliphatic heterocycles. The van der Waals surface area contributed by atoms with Crippen LogP contribution in [-0.2, 0) is 20.1 Å². The number of pyridine rings is 1.